The predicted molar refractivity (Wildman–Crippen MR) is 168 cm³/mol. The molecule has 4 aromatic carbocycles. The molecule has 0 unspecified atom stereocenters. The summed E-state index contributed by atoms with van der Waals surface area (Å²) in [5, 5.41) is 8.89. The van der Waals surface area contributed by atoms with E-state index in [0.29, 0.717) is 23.1 Å². The lowest BCUT2D eigenvalue weighted by molar-refractivity contribution is -0.139. The van der Waals surface area contributed by atoms with Crippen LogP contribution in [0.4, 0.5) is 5.69 Å². The van der Waals surface area contributed by atoms with Crippen LogP contribution >= 0.6 is 0 Å². The zero-order valence-corrected chi connectivity index (χ0v) is 24.2. The summed E-state index contributed by atoms with van der Waals surface area (Å²) in [4.78, 5) is 18.2. The Morgan fingerprint density at radius 1 is 0.814 bits per heavy atom. The number of rotatable bonds is 10. The van der Waals surface area contributed by atoms with Gasteiger partial charge in [0.1, 0.15) is 17.2 Å². The molecule has 1 saturated heterocycles. The van der Waals surface area contributed by atoms with E-state index in [-0.39, 0.29) is 6.61 Å². The Morgan fingerprint density at radius 2 is 1.49 bits per heavy atom. The number of piperidine rings is 1. The molecule has 0 radical (unpaired) electrons. The molecule has 0 spiro atoms. The number of hydrogen-bond acceptors (Lipinski definition) is 6. The number of carboxylic acids is 1. The number of carboxylic acid groups (broad SMARTS) is 1. The molecule has 43 heavy (non-hydrogen) atoms. The number of aromatic nitrogens is 1. The van der Waals surface area contributed by atoms with Gasteiger partial charge in [0.15, 0.2) is 19.0 Å². The molecule has 0 bridgehead atoms. The molecular weight excluding hydrogens is 540 g/mol. The number of ether oxygens (including phenoxy) is 2. The molecule has 1 N–H and O–H groups in total. The smallest absolute Gasteiger partial charge is 0.341 e. The van der Waals surface area contributed by atoms with Crippen LogP contribution in [0.3, 0.4) is 0 Å². The Bertz CT molecular complexity index is 1670. The second-order valence-electron chi connectivity index (χ2n) is 10.7. The first kappa shape index (κ1) is 28.1. The van der Waals surface area contributed by atoms with Gasteiger partial charge in [0.05, 0.1) is 0 Å². The minimum atomic E-state index is -1.02. The lowest BCUT2D eigenvalue weighted by atomic mass is 10.0. The van der Waals surface area contributed by atoms with Crippen molar-refractivity contribution in [2.24, 2.45) is 0 Å². The van der Waals surface area contributed by atoms with Gasteiger partial charge in [-0.3, -0.25) is 0 Å². The average Bonchev–Trinajstić information content (AvgIpc) is 3.48. The summed E-state index contributed by atoms with van der Waals surface area (Å²) >= 11 is 0. The first-order valence-corrected chi connectivity index (χ1v) is 14.6. The van der Waals surface area contributed by atoms with E-state index in [2.05, 4.69) is 65.6 Å². The third-order valence-corrected chi connectivity index (χ3v) is 7.65. The summed E-state index contributed by atoms with van der Waals surface area (Å²) in [6, 6.07) is 32.5. The van der Waals surface area contributed by atoms with Crippen LogP contribution in [0.15, 0.2) is 101 Å². The van der Waals surface area contributed by atoms with Gasteiger partial charge in [-0.05, 0) is 73.2 Å². The van der Waals surface area contributed by atoms with E-state index in [9.17, 15) is 4.79 Å². The molecule has 7 heteroatoms. The summed E-state index contributed by atoms with van der Waals surface area (Å²) in [6.45, 7) is 3.77. The van der Waals surface area contributed by atoms with E-state index in [1.807, 2.05) is 31.2 Å². The van der Waals surface area contributed by atoms with Crippen molar-refractivity contribution in [3.05, 3.63) is 109 Å². The number of aliphatic carboxylic acids is 1. The summed E-state index contributed by atoms with van der Waals surface area (Å²) < 4.78 is 17.7. The molecule has 1 aliphatic heterocycles. The first-order chi connectivity index (χ1) is 21.0. The summed E-state index contributed by atoms with van der Waals surface area (Å²) in [5.74, 6) is 1.24. The molecule has 6 rings (SSSR count). The summed E-state index contributed by atoms with van der Waals surface area (Å²) in [5.41, 5.74) is 6.98. The van der Waals surface area contributed by atoms with E-state index in [4.69, 9.17) is 24.0 Å². The maximum Gasteiger partial charge on any atom is 0.341 e. The average molecular weight is 575 g/mol. The molecule has 1 fully saturated rings. The molecule has 0 atom stereocenters. The normalized spacial score (nSPS) is 13.1. The van der Waals surface area contributed by atoms with Crippen molar-refractivity contribution < 1.29 is 23.8 Å². The van der Waals surface area contributed by atoms with Crippen LogP contribution < -0.4 is 14.4 Å². The molecule has 5 aromatic rings. The Balaban J connectivity index is 1.26. The number of benzene rings is 4. The number of oxazole rings is 1. The van der Waals surface area contributed by atoms with Crippen molar-refractivity contribution in [2.75, 3.05) is 24.6 Å². The van der Waals surface area contributed by atoms with Crippen LogP contribution in [0, 0.1) is 6.92 Å². The van der Waals surface area contributed by atoms with Crippen molar-refractivity contribution in [3.63, 3.8) is 0 Å². The van der Waals surface area contributed by atoms with E-state index < -0.39 is 12.6 Å². The van der Waals surface area contributed by atoms with E-state index in [0.717, 1.165) is 46.6 Å². The van der Waals surface area contributed by atoms with Crippen molar-refractivity contribution in [3.8, 4) is 45.2 Å². The number of anilines is 1. The Labute approximate surface area is 251 Å². The van der Waals surface area contributed by atoms with Gasteiger partial charge in [0, 0.05) is 29.9 Å². The molecule has 0 aliphatic carbocycles. The number of nitrogens with zero attached hydrogens (tertiary/aromatic N) is 2. The SMILES string of the molecule is Cc1cc(OCc2nc(-c3ccc(N4CCCCC4)cc3)c(-c3ccc(-c4ccccc4)cc3)o2)ccc1OCC(=O)O. The highest BCUT2D eigenvalue weighted by atomic mass is 16.5. The molecule has 1 aliphatic rings. The third kappa shape index (κ3) is 6.72. The lowest BCUT2D eigenvalue weighted by Crippen LogP contribution is -2.29. The Kier molecular flexibility index (Phi) is 8.40. The minimum absolute atomic E-state index is 0.135. The van der Waals surface area contributed by atoms with Crippen molar-refractivity contribution in [1.29, 1.82) is 0 Å². The van der Waals surface area contributed by atoms with Crippen LogP contribution in [0.2, 0.25) is 0 Å². The molecule has 7 nitrogen and oxygen atoms in total. The molecule has 218 valence electrons. The van der Waals surface area contributed by atoms with Crippen LogP contribution in [-0.2, 0) is 11.4 Å². The highest BCUT2D eigenvalue weighted by Gasteiger charge is 2.19. The fourth-order valence-electron chi connectivity index (χ4n) is 5.40. The zero-order chi connectivity index (χ0) is 29.6. The Hall–Kier alpha value is -5.04. The predicted octanol–water partition coefficient (Wildman–Crippen LogP) is 8.02. The van der Waals surface area contributed by atoms with Gasteiger partial charge in [-0.15, -0.1) is 0 Å². The molecule has 1 aromatic heterocycles. The van der Waals surface area contributed by atoms with Gasteiger partial charge in [-0.25, -0.2) is 9.78 Å². The number of aryl methyl sites for hydroxylation is 1. The second kappa shape index (κ2) is 12.9. The van der Waals surface area contributed by atoms with Crippen LogP contribution in [0.1, 0.15) is 30.7 Å². The number of hydrogen-bond donors (Lipinski definition) is 1. The third-order valence-electron chi connectivity index (χ3n) is 7.65. The minimum Gasteiger partial charge on any atom is -0.484 e. The standard InChI is InChI=1S/C36H34N2O5/c1-25-22-31(18-19-32(25)42-24-34(39)40)41-23-33-37-35(28-14-16-30(17-15-28)38-20-6-3-7-21-38)36(43-33)29-12-10-27(11-13-29)26-8-4-2-5-9-26/h2,4-5,8-19,22H,3,6-7,20-21,23-24H2,1H3,(H,39,40). The molecule has 2 heterocycles. The van der Waals surface area contributed by atoms with Crippen LogP contribution in [0.5, 0.6) is 11.5 Å². The fourth-order valence-corrected chi connectivity index (χ4v) is 5.40. The summed E-state index contributed by atoms with van der Waals surface area (Å²) in [7, 11) is 0. The van der Waals surface area contributed by atoms with E-state index in [1.54, 1.807) is 12.1 Å². The van der Waals surface area contributed by atoms with Crippen LogP contribution in [0.25, 0.3) is 33.7 Å². The fraction of sp³-hybridized carbons (Fsp3) is 0.222. The van der Waals surface area contributed by atoms with Crippen molar-refractivity contribution in [1.82, 2.24) is 4.98 Å². The van der Waals surface area contributed by atoms with Crippen molar-refractivity contribution >= 4 is 11.7 Å². The summed E-state index contributed by atoms with van der Waals surface area (Å²) in [6.07, 6.45) is 3.76. The van der Waals surface area contributed by atoms with E-state index >= 15 is 0 Å². The van der Waals surface area contributed by atoms with Gasteiger partial charge < -0.3 is 23.9 Å². The van der Waals surface area contributed by atoms with Crippen LogP contribution in [-0.4, -0.2) is 35.8 Å². The second-order valence-corrected chi connectivity index (χ2v) is 10.7. The van der Waals surface area contributed by atoms with Crippen molar-refractivity contribution in [2.45, 2.75) is 32.8 Å². The topological polar surface area (TPSA) is 85.0 Å². The molecule has 0 amide bonds. The first-order valence-electron chi connectivity index (χ1n) is 14.6. The monoisotopic (exact) mass is 574 g/mol. The Morgan fingerprint density at radius 3 is 2.19 bits per heavy atom. The molecular formula is C36H34N2O5. The lowest BCUT2D eigenvalue weighted by Gasteiger charge is -2.28. The molecule has 0 saturated carbocycles. The van der Waals surface area contributed by atoms with E-state index in [1.165, 1.54) is 24.9 Å². The highest BCUT2D eigenvalue weighted by molar-refractivity contribution is 5.79. The van der Waals surface area contributed by atoms with Gasteiger partial charge >= 0.3 is 5.97 Å². The van der Waals surface area contributed by atoms with Gasteiger partial charge in [-0.2, -0.15) is 0 Å². The maximum atomic E-state index is 10.8. The zero-order valence-electron chi connectivity index (χ0n) is 24.2. The van der Waals surface area contributed by atoms with Gasteiger partial charge in [-0.1, -0.05) is 66.7 Å². The quantitative estimate of drug-likeness (QED) is 0.181. The maximum absolute atomic E-state index is 10.8. The van der Waals surface area contributed by atoms with Gasteiger partial charge in [0.2, 0.25) is 5.89 Å². The highest BCUT2D eigenvalue weighted by Crippen LogP contribution is 2.35. The van der Waals surface area contributed by atoms with Gasteiger partial charge in [0.25, 0.3) is 0 Å². The number of carbonyl (C=O) groups is 1. The largest absolute Gasteiger partial charge is 0.484 e.